The summed E-state index contributed by atoms with van der Waals surface area (Å²) in [6.07, 6.45) is 5.19. The molecule has 2 aromatic rings. The number of halogens is 2. The van der Waals surface area contributed by atoms with Crippen LogP contribution in [0.15, 0.2) is 48.6 Å². The van der Waals surface area contributed by atoms with Crippen LogP contribution < -0.4 is 0 Å². The van der Waals surface area contributed by atoms with Crippen molar-refractivity contribution < 1.29 is 8.78 Å². The van der Waals surface area contributed by atoms with Gasteiger partial charge in [-0.2, -0.15) is 5.26 Å². The molecule has 2 rings (SSSR count). The SMILES string of the molecule is CC=CCCc1cc(F)c(C#Cc2ccc(C#N)cc2)c(F)c1. The van der Waals surface area contributed by atoms with Gasteiger partial charge >= 0.3 is 0 Å². The van der Waals surface area contributed by atoms with Crippen molar-refractivity contribution >= 4 is 0 Å². The molecule has 0 aliphatic heterocycles. The lowest BCUT2D eigenvalue weighted by molar-refractivity contribution is 0.574. The van der Waals surface area contributed by atoms with Gasteiger partial charge in [0.15, 0.2) is 0 Å². The fraction of sp³-hybridized carbons (Fsp3) is 0.150. The largest absolute Gasteiger partial charge is 0.206 e. The second-order valence-corrected chi connectivity index (χ2v) is 4.98. The summed E-state index contributed by atoms with van der Waals surface area (Å²) in [7, 11) is 0. The van der Waals surface area contributed by atoms with Gasteiger partial charge in [0.05, 0.1) is 17.2 Å². The number of hydrogen-bond donors (Lipinski definition) is 0. The van der Waals surface area contributed by atoms with E-state index in [9.17, 15) is 8.78 Å². The van der Waals surface area contributed by atoms with E-state index in [1.807, 2.05) is 25.1 Å². The summed E-state index contributed by atoms with van der Waals surface area (Å²) in [5.74, 6) is 3.95. The molecule has 0 aromatic heterocycles. The summed E-state index contributed by atoms with van der Waals surface area (Å²) >= 11 is 0. The smallest absolute Gasteiger partial charge is 0.142 e. The highest BCUT2D eigenvalue weighted by atomic mass is 19.1. The Balaban J connectivity index is 2.23. The Morgan fingerprint density at radius 3 is 2.17 bits per heavy atom. The minimum absolute atomic E-state index is 0.232. The fourth-order valence-corrected chi connectivity index (χ4v) is 2.07. The van der Waals surface area contributed by atoms with Crippen LogP contribution in [0.5, 0.6) is 0 Å². The maximum atomic E-state index is 14.0. The minimum atomic E-state index is -0.651. The molecule has 0 saturated carbocycles. The van der Waals surface area contributed by atoms with Crippen molar-refractivity contribution in [2.45, 2.75) is 19.8 Å². The lowest BCUT2D eigenvalue weighted by atomic mass is 10.1. The Bertz CT molecular complexity index is 792. The van der Waals surface area contributed by atoms with Crippen LogP contribution in [0.4, 0.5) is 8.78 Å². The molecule has 0 spiro atoms. The third-order valence-electron chi connectivity index (χ3n) is 3.28. The van der Waals surface area contributed by atoms with Crippen LogP contribution in [0.3, 0.4) is 0 Å². The van der Waals surface area contributed by atoms with Crippen molar-refractivity contribution in [3.05, 3.63) is 82.4 Å². The van der Waals surface area contributed by atoms with Gasteiger partial charge in [0, 0.05) is 5.56 Å². The summed E-state index contributed by atoms with van der Waals surface area (Å²) in [5.41, 5.74) is 1.49. The van der Waals surface area contributed by atoms with Gasteiger partial charge in [-0.1, -0.05) is 24.0 Å². The van der Waals surface area contributed by atoms with Crippen LogP contribution in [-0.2, 0) is 6.42 Å². The van der Waals surface area contributed by atoms with E-state index in [4.69, 9.17) is 5.26 Å². The number of allylic oxidation sites excluding steroid dienone is 2. The third kappa shape index (κ3) is 4.53. The first-order valence-electron chi connectivity index (χ1n) is 7.25. The minimum Gasteiger partial charge on any atom is -0.206 e. The zero-order valence-electron chi connectivity index (χ0n) is 12.7. The lowest BCUT2D eigenvalue weighted by Gasteiger charge is -2.03. The van der Waals surface area contributed by atoms with E-state index < -0.39 is 11.6 Å². The van der Waals surface area contributed by atoms with Gasteiger partial charge < -0.3 is 0 Å². The molecule has 0 aliphatic rings. The number of rotatable bonds is 3. The van der Waals surface area contributed by atoms with Crippen molar-refractivity contribution in [1.82, 2.24) is 0 Å². The van der Waals surface area contributed by atoms with Crippen LogP contribution in [0.1, 0.15) is 35.6 Å². The molecule has 0 aliphatic carbocycles. The van der Waals surface area contributed by atoms with Gasteiger partial charge in [-0.15, -0.1) is 0 Å². The first-order valence-corrected chi connectivity index (χ1v) is 7.25. The molecule has 0 atom stereocenters. The van der Waals surface area contributed by atoms with Gasteiger partial charge in [0.25, 0.3) is 0 Å². The van der Waals surface area contributed by atoms with Crippen molar-refractivity contribution in [1.29, 1.82) is 5.26 Å². The van der Waals surface area contributed by atoms with Gasteiger partial charge in [-0.25, -0.2) is 8.78 Å². The summed E-state index contributed by atoms with van der Waals surface area (Å²) in [5, 5.41) is 8.72. The molecule has 0 fully saturated rings. The maximum absolute atomic E-state index is 14.0. The Morgan fingerprint density at radius 1 is 1.00 bits per heavy atom. The van der Waals surface area contributed by atoms with E-state index in [0.29, 0.717) is 23.1 Å². The number of nitriles is 1. The molecule has 0 heterocycles. The van der Waals surface area contributed by atoms with Crippen LogP contribution in [0.25, 0.3) is 0 Å². The average Bonchev–Trinajstić information content (AvgIpc) is 2.55. The Labute approximate surface area is 134 Å². The van der Waals surface area contributed by atoms with E-state index in [0.717, 1.165) is 6.42 Å². The molecule has 0 bridgehead atoms. The van der Waals surface area contributed by atoms with Crippen molar-refractivity contribution in [2.24, 2.45) is 0 Å². The second kappa shape index (κ2) is 7.92. The van der Waals surface area contributed by atoms with Gasteiger partial charge in [-0.05, 0) is 61.7 Å². The fourth-order valence-electron chi connectivity index (χ4n) is 2.07. The van der Waals surface area contributed by atoms with E-state index in [-0.39, 0.29) is 5.56 Å². The monoisotopic (exact) mass is 307 g/mol. The summed E-state index contributed by atoms with van der Waals surface area (Å²) in [4.78, 5) is 0. The highest BCUT2D eigenvalue weighted by Crippen LogP contribution is 2.16. The molecule has 23 heavy (non-hydrogen) atoms. The highest BCUT2D eigenvalue weighted by Gasteiger charge is 2.08. The number of benzene rings is 2. The molecule has 0 N–H and O–H groups in total. The van der Waals surface area contributed by atoms with Crippen LogP contribution in [0, 0.1) is 34.8 Å². The molecule has 3 heteroatoms. The third-order valence-corrected chi connectivity index (χ3v) is 3.28. The zero-order valence-corrected chi connectivity index (χ0v) is 12.7. The molecular formula is C20H15F2N. The number of aryl methyl sites for hydroxylation is 1. The number of hydrogen-bond acceptors (Lipinski definition) is 1. The normalized spacial score (nSPS) is 10.2. The van der Waals surface area contributed by atoms with Crippen LogP contribution >= 0.6 is 0 Å². The Morgan fingerprint density at radius 2 is 1.61 bits per heavy atom. The Kier molecular flexibility index (Phi) is 5.67. The van der Waals surface area contributed by atoms with Gasteiger partial charge in [-0.3, -0.25) is 0 Å². The molecule has 0 saturated heterocycles. The van der Waals surface area contributed by atoms with Gasteiger partial charge in [0.2, 0.25) is 0 Å². The lowest BCUT2D eigenvalue weighted by Crippen LogP contribution is -1.95. The van der Waals surface area contributed by atoms with Crippen molar-refractivity contribution in [3.63, 3.8) is 0 Å². The van der Waals surface area contributed by atoms with Crippen molar-refractivity contribution in [2.75, 3.05) is 0 Å². The van der Waals surface area contributed by atoms with E-state index in [2.05, 4.69) is 11.8 Å². The molecular weight excluding hydrogens is 292 g/mol. The molecule has 114 valence electrons. The first kappa shape index (κ1) is 16.5. The molecule has 0 radical (unpaired) electrons. The van der Waals surface area contributed by atoms with Crippen LogP contribution in [0.2, 0.25) is 0 Å². The number of nitrogens with zero attached hydrogens (tertiary/aromatic N) is 1. The molecule has 0 unspecified atom stereocenters. The summed E-state index contributed by atoms with van der Waals surface area (Å²) in [6.45, 7) is 1.91. The van der Waals surface area contributed by atoms with E-state index >= 15 is 0 Å². The highest BCUT2D eigenvalue weighted by molar-refractivity contribution is 5.46. The Hall–Kier alpha value is -2.91. The maximum Gasteiger partial charge on any atom is 0.142 e. The second-order valence-electron chi connectivity index (χ2n) is 4.98. The zero-order chi connectivity index (χ0) is 16.7. The van der Waals surface area contributed by atoms with Crippen molar-refractivity contribution in [3.8, 4) is 17.9 Å². The summed E-state index contributed by atoms with van der Waals surface area (Å²) in [6, 6.07) is 11.2. The predicted molar refractivity (Wildman–Crippen MR) is 86.6 cm³/mol. The standard InChI is InChI=1S/C20H15F2N/c1-2-3-4-5-17-12-19(21)18(20(22)13-17)11-10-15-6-8-16(14-23)9-7-15/h2-3,6-9,12-13H,4-5H2,1H3. The topological polar surface area (TPSA) is 23.8 Å². The van der Waals surface area contributed by atoms with E-state index in [1.165, 1.54) is 12.1 Å². The molecule has 0 amide bonds. The molecule has 1 nitrogen and oxygen atoms in total. The summed E-state index contributed by atoms with van der Waals surface area (Å²) < 4.78 is 28.1. The van der Waals surface area contributed by atoms with E-state index in [1.54, 1.807) is 24.3 Å². The quantitative estimate of drug-likeness (QED) is 0.593. The van der Waals surface area contributed by atoms with Crippen LogP contribution in [-0.4, -0.2) is 0 Å². The molecule has 2 aromatic carbocycles. The average molecular weight is 307 g/mol. The predicted octanol–water partition coefficient (Wildman–Crippen LogP) is 4.74. The van der Waals surface area contributed by atoms with Gasteiger partial charge in [0.1, 0.15) is 11.6 Å². The first-order chi connectivity index (χ1) is 11.1.